The molecule has 2 aliphatic heterocycles. The molecule has 3 heterocycles. The van der Waals surface area contributed by atoms with E-state index >= 15 is 0 Å². The average molecular weight is 304 g/mol. The number of rotatable bonds is 2. The third kappa shape index (κ3) is 2.40. The Hall–Kier alpha value is -2.95. The van der Waals surface area contributed by atoms with Gasteiger partial charge in [-0.3, -0.25) is 9.98 Å². The first-order valence-corrected chi connectivity index (χ1v) is 7.55. The van der Waals surface area contributed by atoms with Crippen molar-refractivity contribution in [1.82, 2.24) is 9.88 Å². The number of aromatic nitrogens is 1. The molecule has 4 rings (SSSR count). The lowest BCUT2D eigenvalue weighted by Crippen LogP contribution is -2.36. The van der Waals surface area contributed by atoms with Gasteiger partial charge in [0.2, 0.25) is 0 Å². The summed E-state index contributed by atoms with van der Waals surface area (Å²) in [6.45, 7) is 3.56. The van der Waals surface area contributed by atoms with Gasteiger partial charge < -0.3 is 10.0 Å². The molecule has 5 heteroatoms. The molecule has 23 heavy (non-hydrogen) atoms. The van der Waals surface area contributed by atoms with E-state index in [1.165, 1.54) is 0 Å². The van der Waals surface area contributed by atoms with Crippen LogP contribution >= 0.6 is 0 Å². The lowest BCUT2D eigenvalue weighted by Gasteiger charge is -2.26. The minimum absolute atomic E-state index is 0.152. The molecule has 0 aliphatic carbocycles. The van der Waals surface area contributed by atoms with Gasteiger partial charge in [-0.25, -0.2) is 4.99 Å². The van der Waals surface area contributed by atoms with Crippen LogP contribution in [0.4, 0.5) is 5.69 Å². The van der Waals surface area contributed by atoms with Gasteiger partial charge in [0.15, 0.2) is 0 Å². The van der Waals surface area contributed by atoms with E-state index < -0.39 is 0 Å². The number of aliphatic imine (C=N–C) groups is 2. The van der Waals surface area contributed by atoms with Crippen LogP contribution in [0.3, 0.4) is 0 Å². The molecule has 0 spiro atoms. The maximum atomic E-state index is 10.4. The molecule has 1 N–H and O–H groups in total. The maximum Gasteiger partial charge on any atom is 0.138 e. The number of aryl methyl sites for hydroxylation is 1. The molecule has 5 nitrogen and oxygen atoms in total. The van der Waals surface area contributed by atoms with Crippen molar-refractivity contribution in [3.63, 3.8) is 0 Å². The fourth-order valence-electron chi connectivity index (χ4n) is 2.84. The molecule has 1 aromatic carbocycles. The number of pyridine rings is 1. The zero-order valence-electron chi connectivity index (χ0n) is 12.8. The third-order valence-electron chi connectivity index (χ3n) is 3.97. The lowest BCUT2D eigenvalue weighted by atomic mass is 10.1. The second-order valence-electron chi connectivity index (χ2n) is 5.62. The summed E-state index contributed by atoms with van der Waals surface area (Å²) < 4.78 is 0. The van der Waals surface area contributed by atoms with Crippen LogP contribution in [0, 0.1) is 6.92 Å². The van der Waals surface area contributed by atoms with E-state index in [0.29, 0.717) is 11.4 Å². The first kappa shape index (κ1) is 13.7. The molecule has 0 unspecified atom stereocenters. The maximum absolute atomic E-state index is 10.4. The van der Waals surface area contributed by atoms with Crippen molar-refractivity contribution in [2.45, 2.75) is 6.92 Å². The molecular formula is C18H16N4O. The Morgan fingerprint density at radius 1 is 1.30 bits per heavy atom. The van der Waals surface area contributed by atoms with E-state index in [2.05, 4.69) is 22.1 Å². The zero-order chi connectivity index (χ0) is 15.8. The second-order valence-corrected chi connectivity index (χ2v) is 5.62. The van der Waals surface area contributed by atoms with E-state index in [1.54, 1.807) is 24.5 Å². The summed E-state index contributed by atoms with van der Waals surface area (Å²) in [7, 11) is 0. The Labute approximate surface area is 134 Å². The van der Waals surface area contributed by atoms with Gasteiger partial charge in [-0.15, -0.1) is 0 Å². The molecule has 0 saturated heterocycles. The van der Waals surface area contributed by atoms with E-state index in [9.17, 15) is 5.11 Å². The highest BCUT2D eigenvalue weighted by Gasteiger charge is 2.28. The normalized spacial score (nSPS) is 16.6. The number of aliphatic hydroxyl groups excluding tert-OH is 1. The number of hydrogen-bond acceptors (Lipinski definition) is 5. The van der Waals surface area contributed by atoms with Crippen molar-refractivity contribution < 1.29 is 5.11 Å². The van der Waals surface area contributed by atoms with Gasteiger partial charge in [-0.2, -0.15) is 0 Å². The number of fused-ring (bicyclic) bond motifs is 3. The Morgan fingerprint density at radius 3 is 3.04 bits per heavy atom. The predicted molar refractivity (Wildman–Crippen MR) is 91.2 cm³/mol. The highest BCUT2D eigenvalue weighted by Crippen LogP contribution is 2.30. The topological polar surface area (TPSA) is 61.1 Å². The first-order valence-electron chi connectivity index (χ1n) is 7.55. The molecule has 0 fully saturated rings. The predicted octanol–water partition coefficient (Wildman–Crippen LogP) is 3.09. The SMILES string of the molecule is Cc1ccc2c(c1)N=C(/C=C(\O)c1cccnc1)N1CCN=C21. The van der Waals surface area contributed by atoms with Gasteiger partial charge in [0.05, 0.1) is 12.2 Å². The molecule has 0 atom stereocenters. The summed E-state index contributed by atoms with van der Waals surface area (Å²) in [5, 5.41) is 10.4. The van der Waals surface area contributed by atoms with Crippen molar-refractivity contribution in [2.24, 2.45) is 9.98 Å². The Balaban J connectivity index is 1.81. The number of hydrogen-bond donors (Lipinski definition) is 1. The first-order chi connectivity index (χ1) is 11.2. The largest absolute Gasteiger partial charge is 0.507 e. The molecule has 1 aromatic heterocycles. The van der Waals surface area contributed by atoms with Crippen molar-refractivity contribution in [1.29, 1.82) is 0 Å². The van der Waals surface area contributed by atoms with Crippen LogP contribution in [0.5, 0.6) is 0 Å². The van der Waals surface area contributed by atoms with Gasteiger partial charge in [-0.1, -0.05) is 6.07 Å². The van der Waals surface area contributed by atoms with E-state index in [0.717, 1.165) is 35.7 Å². The minimum Gasteiger partial charge on any atom is -0.507 e. The van der Waals surface area contributed by atoms with Gasteiger partial charge >= 0.3 is 0 Å². The van der Waals surface area contributed by atoms with Gasteiger partial charge in [0, 0.05) is 36.1 Å². The van der Waals surface area contributed by atoms with Crippen LogP contribution in [0.2, 0.25) is 0 Å². The number of benzene rings is 1. The van der Waals surface area contributed by atoms with Crippen molar-refractivity contribution in [2.75, 3.05) is 13.1 Å². The number of nitrogens with zero attached hydrogens (tertiary/aromatic N) is 4. The molecule has 0 bridgehead atoms. The van der Waals surface area contributed by atoms with Crippen LogP contribution in [-0.4, -0.2) is 39.8 Å². The monoisotopic (exact) mass is 304 g/mol. The molecule has 2 aliphatic rings. The molecular weight excluding hydrogens is 288 g/mol. The smallest absolute Gasteiger partial charge is 0.138 e. The summed E-state index contributed by atoms with van der Waals surface area (Å²) in [6.07, 6.45) is 4.99. The summed E-state index contributed by atoms with van der Waals surface area (Å²) in [4.78, 5) is 15.4. The molecule has 0 radical (unpaired) electrons. The lowest BCUT2D eigenvalue weighted by molar-refractivity contribution is 0.511. The zero-order valence-corrected chi connectivity index (χ0v) is 12.8. The molecule has 114 valence electrons. The Kier molecular flexibility index (Phi) is 3.19. The molecule has 2 aromatic rings. The van der Waals surface area contributed by atoms with Gasteiger partial charge in [0.1, 0.15) is 17.4 Å². The average Bonchev–Trinajstić information content (AvgIpc) is 3.05. The third-order valence-corrected chi connectivity index (χ3v) is 3.97. The quantitative estimate of drug-likeness (QED) is 0.867. The summed E-state index contributed by atoms with van der Waals surface area (Å²) >= 11 is 0. The van der Waals surface area contributed by atoms with Crippen LogP contribution in [-0.2, 0) is 0 Å². The number of aliphatic hydroxyl groups is 1. The van der Waals surface area contributed by atoms with Crippen LogP contribution < -0.4 is 0 Å². The molecule has 0 amide bonds. The fourth-order valence-corrected chi connectivity index (χ4v) is 2.84. The van der Waals surface area contributed by atoms with E-state index in [4.69, 9.17) is 4.99 Å². The van der Waals surface area contributed by atoms with E-state index in [-0.39, 0.29) is 5.76 Å². The van der Waals surface area contributed by atoms with Crippen LogP contribution in [0.25, 0.3) is 5.76 Å². The summed E-state index contributed by atoms with van der Waals surface area (Å²) in [5.74, 6) is 1.79. The highest BCUT2D eigenvalue weighted by atomic mass is 16.3. The standard InChI is InChI=1S/C18H16N4O/c1-12-4-5-14-15(9-12)21-17(22-8-7-20-18(14)22)10-16(23)13-3-2-6-19-11-13/h2-6,9-11,23H,7-8H2,1H3/b16-10-. The van der Waals surface area contributed by atoms with Crippen LogP contribution in [0.15, 0.2) is 58.8 Å². The van der Waals surface area contributed by atoms with Crippen molar-refractivity contribution in [3.8, 4) is 0 Å². The minimum atomic E-state index is 0.152. The Morgan fingerprint density at radius 2 is 2.22 bits per heavy atom. The second kappa shape index (κ2) is 5.35. The highest BCUT2D eigenvalue weighted by molar-refractivity contribution is 6.19. The van der Waals surface area contributed by atoms with E-state index in [1.807, 2.05) is 24.0 Å². The van der Waals surface area contributed by atoms with Crippen LogP contribution in [0.1, 0.15) is 16.7 Å². The van der Waals surface area contributed by atoms with Gasteiger partial charge in [0.25, 0.3) is 0 Å². The molecule has 0 saturated carbocycles. The van der Waals surface area contributed by atoms with Gasteiger partial charge in [-0.05, 0) is 36.8 Å². The summed E-state index contributed by atoms with van der Waals surface area (Å²) in [5.41, 5.74) is 3.76. The van der Waals surface area contributed by atoms with Crippen molar-refractivity contribution in [3.05, 3.63) is 65.5 Å². The Bertz CT molecular complexity index is 853. The fraction of sp³-hybridized carbons (Fsp3) is 0.167. The van der Waals surface area contributed by atoms with Crippen molar-refractivity contribution >= 4 is 23.1 Å². The summed E-state index contributed by atoms with van der Waals surface area (Å²) in [6, 6.07) is 9.79. The number of amidine groups is 2.